The third kappa shape index (κ3) is 2.03. The van der Waals surface area contributed by atoms with Crippen molar-refractivity contribution >= 4 is 16.9 Å². The molecule has 0 amide bonds. The van der Waals surface area contributed by atoms with Crippen LogP contribution < -0.4 is 5.43 Å². The summed E-state index contributed by atoms with van der Waals surface area (Å²) >= 11 is 0. The highest BCUT2D eigenvalue weighted by atomic mass is 19.1. The molecule has 0 bridgehead atoms. The first-order valence-corrected chi connectivity index (χ1v) is 7.49. The molecule has 1 aromatic carbocycles. The number of carbonyl (C=O) groups excluding carboxylic acids is 1. The molecule has 2 heterocycles. The van der Waals surface area contributed by atoms with Crippen molar-refractivity contribution in [1.82, 2.24) is 4.57 Å². The first-order valence-electron chi connectivity index (χ1n) is 7.49. The minimum absolute atomic E-state index is 0.0303. The van der Waals surface area contributed by atoms with Gasteiger partial charge in [0.1, 0.15) is 11.4 Å². The maximum absolute atomic E-state index is 14.1. The van der Waals surface area contributed by atoms with Crippen molar-refractivity contribution in [2.45, 2.75) is 39.7 Å². The van der Waals surface area contributed by atoms with Gasteiger partial charge in [0.2, 0.25) is 5.43 Å². The second kappa shape index (κ2) is 5.23. The molecule has 0 saturated carbocycles. The van der Waals surface area contributed by atoms with E-state index in [2.05, 4.69) is 0 Å². The van der Waals surface area contributed by atoms with Crippen molar-refractivity contribution in [3.05, 3.63) is 45.0 Å². The van der Waals surface area contributed by atoms with Crippen LogP contribution in [-0.4, -0.2) is 17.1 Å². The van der Waals surface area contributed by atoms with E-state index in [4.69, 9.17) is 4.74 Å². The molecule has 1 atom stereocenters. The molecule has 0 radical (unpaired) electrons. The molecular weight excluding hydrogens is 285 g/mol. The van der Waals surface area contributed by atoms with E-state index < -0.39 is 17.2 Å². The van der Waals surface area contributed by atoms with Gasteiger partial charge in [0, 0.05) is 17.6 Å². The number of pyridine rings is 1. The minimum atomic E-state index is -0.654. The van der Waals surface area contributed by atoms with Crippen LogP contribution in [0.4, 0.5) is 4.39 Å². The molecule has 22 heavy (non-hydrogen) atoms. The van der Waals surface area contributed by atoms with Crippen LogP contribution in [-0.2, 0) is 11.2 Å². The first-order chi connectivity index (χ1) is 10.5. The van der Waals surface area contributed by atoms with E-state index in [1.165, 1.54) is 6.07 Å². The number of hydrogen-bond donors (Lipinski definition) is 0. The van der Waals surface area contributed by atoms with Gasteiger partial charge < -0.3 is 9.30 Å². The number of rotatable bonds is 2. The number of ether oxygens (including phenoxy) is 1. The quantitative estimate of drug-likeness (QED) is 0.801. The molecule has 116 valence electrons. The van der Waals surface area contributed by atoms with Gasteiger partial charge in [0.05, 0.1) is 12.1 Å². The number of carbonyl (C=O) groups is 1. The van der Waals surface area contributed by atoms with Crippen LogP contribution in [0.1, 0.15) is 47.8 Å². The number of benzene rings is 1. The van der Waals surface area contributed by atoms with Gasteiger partial charge in [-0.15, -0.1) is 0 Å². The fourth-order valence-electron chi connectivity index (χ4n) is 3.16. The van der Waals surface area contributed by atoms with Crippen molar-refractivity contribution in [3.63, 3.8) is 0 Å². The van der Waals surface area contributed by atoms with Gasteiger partial charge in [-0.1, -0.05) is 0 Å². The van der Waals surface area contributed by atoms with Crippen molar-refractivity contribution in [2.24, 2.45) is 0 Å². The van der Waals surface area contributed by atoms with Crippen LogP contribution in [0.15, 0.2) is 17.1 Å². The summed E-state index contributed by atoms with van der Waals surface area (Å²) in [6, 6.07) is 1.39. The van der Waals surface area contributed by atoms with Crippen LogP contribution in [0, 0.1) is 12.7 Å². The van der Waals surface area contributed by atoms with E-state index in [-0.39, 0.29) is 23.6 Å². The van der Waals surface area contributed by atoms with Crippen LogP contribution in [0.3, 0.4) is 0 Å². The standard InChI is InChI=1S/C17H18FNO3/c1-4-22-17(21)13-8-19-9(2)5-6-11-10(3)14(18)7-12(15(11)19)16(13)20/h7-9H,4-6H2,1-3H3. The molecule has 1 unspecified atom stereocenters. The SMILES string of the molecule is CCOC(=O)c1cn2c3c(c(C)c(F)cc3c1=O)CCC2C. The zero-order valence-electron chi connectivity index (χ0n) is 12.9. The second-order valence-electron chi connectivity index (χ2n) is 5.75. The third-order valence-electron chi connectivity index (χ3n) is 4.42. The van der Waals surface area contributed by atoms with Crippen LogP contribution in [0.5, 0.6) is 0 Å². The lowest BCUT2D eigenvalue weighted by molar-refractivity contribution is 0.0524. The van der Waals surface area contributed by atoms with Crippen molar-refractivity contribution < 1.29 is 13.9 Å². The molecule has 1 aliphatic heterocycles. The molecular formula is C17H18FNO3. The number of hydrogen-bond acceptors (Lipinski definition) is 3. The summed E-state index contributed by atoms with van der Waals surface area (Å²) < 4.78 is 21.0. The first kappa shape index (κ1) is 14.8. The van der Waals surface area contributed by atoms with Gasteiger partial charge in [-0.25, -0.2) is 9.18 Å². The van der Waals surface area contributed by atoms with E-state index in [9.17, 15) is 14.0 Å². The number of esters is 1. The molecule has 5 heteroatoms. The predicted molar refractivity (Wildman–Crippen MR) is 81.9 cm³/mol. The van der Waals surface area contributed by atoms with Crippen LogP contribution >= 0.6 is 0 Å². The average Bonchev–Trinajstić information content (AvgIpc) is 2.48. The Morgan fingerprint density at radius 2 is 2.23 bits per heavy atom. The number of nitrogens with zero attached hydrogens (tertiary/aromatic N) is 1. The Hall–Kier alpha value is -2.17. The molecule has 0 aliphatic carbocycles. The van der Waals surface area contributed by atoms with E-state index in [1.807, 2.05) is 11.5 Å². The summed E-state index contributed by atoms with van der Waals surface area (Å²) in [7, 11) is 0. The fourth-order valence-corrected chi connectivity index (χ4v) is 3.16. The van der Waals surface area contributed by atoms with Crippen molar-refractivity contribution in [1.29, 1.82) is 0 Å². The van der Waals surface area contributed by atoms with Crippen LogP contribution in [0.25, 0.3) is 10.9 Å². The molecule has 0 saturated heterocycles. The smallest absolute Gasteiger partial charge is 0.343 e. The third-order valence-corrected chi connectivity index (χ3v) is 4.42. The molecule has 1 aromatic heterocycles. The van der Waals surface area contributed by atoms with Gasteiger partial charge in [-0.05, 0) is 50.8 Å². The van der Waals surface area contributed by atoms with Gasteiger partial charge in [0.15, 0.2) is 0 Å². The maximum atomic E-state index is 14.1. The summed E-state index contributed by atoms with van der Waals surface area (Å²) in [6.07, 6.45) is 3.14. The van der Waals surface area contributed by atoms with E-state index in [0.717, 1.165) is 23.9 Å². The lowest BCUT2D eigenvalue weighted by Crippen LogP contribution is -2.25. The highest BCUT2D eigenvalue weighted by molar-refractivity contribution is 5.95. The molecule has 3 rings (SSSR count). The molecule has 0 N–H and O–H groups in total. The Balaban J connectivity index is 2.42. The van der Waals surface area contributed by atoms with Gasteiger partial charge in [-0.3, -0.25) is 4.79 Å². The highest BCUT2D eigenvalue weighted by Gasteiger charge is 2.25. The number of aromatic nitrogens is 1. The highest BCUT2D eigenvalue weighted by Crippen LogP contribution is 2.33. The molecule has 4 nitrogen and oxygen atoms in total. The number of aryl methyl sites for hydroxylation is 1. The van der Waals surface area contributed by atoms with Crippen molar-refractivity contribution in [3.8, 4) is 0 Å². The summed E-state index contributed by atoms with van der Waals surface area (Å²) in [5.41, 5.74) is 1.70. The zero-order chi connectivity index (χ0) is 16.0. The van der Waals surface area contributed by atoms with Gasteiger partial charge >= 0.3 is 5.97 Å². The normalized spacial score (nSPS) is 16.8. The number of halogens is 1. The summed E-state index contributed by atoms with van der Waals surface area (Å²) in [4.78, 5) is 24.6. The zero-order valence-corrected chi connectivity index (χ0v) is 12.9. The van der Waals surface area contributed by atoms with Gasteiger partial charge in [-0.2, -0.15) is 0 Å². The lowest BCUT2D eigenvalue weighted by atomic mass is 9.92. The summed E-state index contributed by atoms with van der Waals surface area (Å²) in [6.45, 7) is 5.64. The van der Waals surface area contributed by atoms with E-state index in [1.54, 1.807) is 20.0 Å². The molecule has 0 fully saturated rings. The Bertz CT molecular complexity index is 838. The Kier molecular flexibility index (Phi) is 3.51. The Morgan fingerprint density at radius 1 is 1.50 bits per heavy atom. The molecule has 1 aliphatic rings. The average molecular weight is 303 g/mol. The van der Waals surface area contributed by atoms with Crippen LogP contribution in [0.2, 0.25) is 0 Å². The predicted octanol–water partition coefficient (Wildman–Crippen LogP) is 3.13. The topological polar surface area (TPSA) is 48.3 Å². The lowest BCUT2D eigenvalue weighted by Gasteiger charge is -2.27. The maximum Gasteiger partial charge on any atom is 0.343 e. The van der Waals surface area contributed by atoms with Gasteiger partial charge in [0.25, 0.3) is 0 Å². The van der Waals surface area contributed by atoms with Crippen molar-refractivity contribution in [2.75, 3.05) is 6.61 Å². The van der Waals surface area contributed by atoms with E-state index in [0.29, 0.717) is 5.56 Å². The second-order valence-corrected chi connectivity index (χ2v) is 5.75. The minimum Gasteiger partial charge on any atom is -0.462 e. The Labute approximate surface area is 127 Å². The summed E-state index contributed by atoms with van der Waals surface area (Å²) in [5.74, 6) is -1.06. The monoisotopic (exact) mass is 303 g/mol. The largest absolute Gasteiger partial charge is 0.462 e. The molecule has 0 spiro atoms. The van der Waals surface area contributed by atoms with E-state index >= 15 is 0 Å². The fraction of sp³-hybridized carbons (Fsp3) is 0.412. The summed E-state index contributed by atoms with van der Waals surface area (Å²) in [5, 5.41) is 0.259. The Morgan fingerprint density at radius 3 is 2.91 bits per heavy atom. The molecule has 2 aromatic rings.